The average Bonchev–Trinajstić information content (AvgIpc) is 3.68. The number of esters is 2. The fourth-order valence-electron chi connectivity index (χ4n) is 8.42. The van der Waals surface area contributed by atoms with Crippen LogP contribution in [-0.2, 0) is 9.47 Å². The molecule has 0 spiro atoms. The van der Waals surface area contributed by atoms with Crippen LogP contribution < -0.4 is 0 Å². The van der Waals surface area contributed by atoms with Crippen molar-refractivity contribution in [1.29, 1.82) is 0 Å². The number of ether oxygens (including phenoxy) is 2. The van der Waals surface area contributed by atoms with E-state index in [2.05, 4.69) is 0 Å². The van der Waals surface area contributed by atoms with E-state index in [4.69, 9.17) is 9.47 Å². The Hall–Kier alpha value is -3.14. The van der Waals surface area contributed by atoms with E-state index in [0.29, 0.717) is 23.0 Å². The summed E-state index contributed by atoms with van der Waals surface area (Å²) in [6.45, 7) is 8.02. The standard InChI is InChI=1S/C34H38O4/c1-5-7-21-15-25(11-9-19(21)3)33(35)37-31-27-18-28(30-24-14-13-23(17-24)29(27)30)32(31)38-34(36)26-12-10-20(4)22(16-26)8-6-2/h5-12,15-16,23-24,27-32H,13-14,17-18H2,1-4H3/b7-5-,8-6-. The number of allylic oxidation sites excluding steroid dienone is 2. The molecule has 4 saturated carbocycles. The van der Waals surface area contributed by atoms with Gasteiger partial charge < -0.3 is 9.47 Å². The fraction of sp³-hybridized carbons (Fsp3) is 0.471. The van der Waals surface area contributed by atoms with E-state index in [1.54, 1.807) is 0 Å². The molecule has 8 atom stereocenters. The van der Waals surface area contributed by atoms with Crippen LogP contribution in [0.2, 0.25) is 0 Å². The minimum absolute atomic E-state index is 0.277. The molecule has 4 nitrogen and oxygen atoms in total. The van der Waals surface area contributed by atoms with E-state index < -0.39 is 0 Å². The molecule has 0 radical (unpaired) electrons. The second-order valence-electron chi connectivity index (χ2n) is 11.9. The molecule has 4 aliphatic carbocycles. The third-order valence-corrected chi connectivity index (χ3v) is 9.96. The quantitative estimate of drug-likeness (QED) is 0.299. The van der Waals surface area contributed by atoms with Crippen LogP contribution in [0.4, 0.5) is 0 Å². The van der Waals surface area contributed by atoms with Crippen LogP contribution >= 0.6 is 0 Å². The van der Waals surface area contributed by atoms with Crippen molar-refractivity contribution in [2.24, 2.45) is 35.5 Å². The highest BCUT2D eigenvalue weighted by molar-refractivity contribution is 5.91. The van der Waals surface area contributed by atoms with Gasteiger partial charge in [0.2, 0.25) is 0 Å². The van der Waals surface area contributed by atoms with E-state index >= 15 is 0 Å². The van der Waals surface area contributed by atoms with Gasteiger partial charge in [-0.3, -0.25) is 0 Å². The highest BCUT2D eigenvalue weighted by Gasteiger charge is 2.68. The van der Waals surface area contributed by atoms with Gasteiger partial charge in [0.1, 0.15) is 12.2 Å². The second kappa shape index (κ2) is 9.87. The first-order valence-corrected chi connectivity index (χ1v) is 14.3. The average molecular weight is 511 g/mol. The van der Waals surface area contributed by atoms with Crippen LogP contribution in [0.25, 0.3) is 12.2 Å². The lowest BCUT2D eigenvalue weighted by Gasteiger charge is -2.42. The highest BCUT2D eigenvalue weighted by Crippen LogP contribution is 2.68. The number of hydrogen-bond donors (Lipinski definition) is 0. The summed E-state index contributed by atoms with van der Waals surface area (Å²) in [6, 6.07) is 11.4. The highest BCUT2D eigenvalue weighted by atomic mass is 16.6. The van der Waals surface area contributed by atoms with E-state index in [1.807, 2.05) is 88.4 Å². The molecule has 0 heterocycles. The molecule has 38 heavy (non-hydrogen) atoms. The summed E-state index contributed by atoms with van der Waals surface area (Å²) < 4.78 is 12.6. The molecule has 0 aliphatic heterocycles. The SMILES string of the molecule is C/C=C\c1cc(C(=O)OC2C3CC(C2OC(=O)c2ccc(C)c(/C=C\C)c2)C2C4CCC(C4)C32)ccc1C. The monoisotopic (exact) mass is 510 g/mol. The van der Waals surface area contributed by atoms with Gasteiger partial charge in [-0.1, -0.05) is 36.4 Å². The molecule has 8 unspecified atom stereocenters. The Morgan fingerprint density at radius 1 is 0.711 bits per heavy atom. The lowest BCUT2D eigenvalue weighted by atomic mass is 9.69. The molecule has 4 fully saturated rings. The molecule has 4 heteroatoms. The molecule has 0 saturated heterocycles. The van der Waals surface area contributed by atoms with E-state index in [-0.39, 0.29) is 36.0 Å². The van der Waals surface area contributed by atoms with Gasteiger partial charge >= 0.3 is 11.9 Å². The van der Waals surface area contributed by atoms with E-state index in [0.717, 1.165) is 40.5 Å². The minimum atomic E-state index is -0.385. The molecular formula is C34H38O4. The van der Waals surface area contributed by atoms with Crippen molar-refractivity contribution >= 4 is 24.1 Å². The molecule has 4 bridgehead atoms. The van der Waals surface area contributed by atoms with Gasteiger partial charge in [0.05, 0.1) is 11.1 Å². The van der Waals surface area contributed by atoms with Crippen molar-refractivity contribution in [2.75, 3.05) is 0 Å². The summed E-state index contributed by atoms with van der Waals surface area (Å²) in [7, 11) is 0. The largest absolute Gasteiger partial charge is 0.455 e. The Kier molecular flexibility index (Phi) is 6.53. The van der Waals surface area contributed by atoms with Gasteiger partial charge in [-0.15, -0.1) is 0 Å². The minimum Gasteiger partial charge on any atom is -0.455 e. The first-order chi connectivity index (χ1) is 18.4. The van der Waals surface area contributed by atoms with Gasteiger partial charge in [0.15, 0.2) is 0 Å². The van der Waals surface area contributed by atoms with Crippen LogP contribution in [0.15, 0.2) is 48.6 Å². The van der Waals surface area contributed by atoms with Crippen LogP contribution in [0.1, 0.15) is 82.5 Å². The maximum atomic E-state index is 13.5. The fourth-order valence-corrected chi connectivity index (χ4v) is 8.42. The van der Waals surface area contributed by atoms with Crippen molar-refractivity contribution < 1.29 is 19.1 Å². The summed E-state index contributed by atoms with van der Waals surface area (Å²) >= 11 is 0. The number of fused-ring (bicyclic) bond motifs is 9. The molecule has 198 valence electrons. The number of rotatable bonds is 6. The maximum Gasteiger partial charge on any atom is 0.338 e. The predicted octanol–water partition coefficient (Wildman–Crippen LogP) is 7.43. The topological polar surface area (TPSA) is 52.6 Å². The van der Waals surface area contributed by atoms with Gasteiger partial charge in [0, 0.05) is 11.8 Å². The van der Waals surface area contributed by atoms with E-state index in [1.165, 1.54) is 19.3 Å². The Morgan fingerprint density at radius 3 is 1.58 bits per heavy atom. The Bertz CT molecular complexity index is 1220. The van der Waals surface area contributed by atoms with Gasteiger partial charge in [-0.2, -0.15) is 0 Å². The zero-order chi connectivity index (χ0) is 26.6. The van der Waals surface area contributed by atoms with Crippen molar-refractivity contribution in [3.63, 3.8) is 0 Å². The number of carbonyl (C=O) groups excluding carboxylic acids is 2. The van der Waals surface area contributed by atoms with Crippen LogP contribution in [0, 0.1) is 49.4 Å². The van der Waals surface area contributed by atoms with Crippen molar-refractivity contribution in [3.8, 4) is 0 Å². The van der Waals surface area contributed by atoms with Crippen LogP contribution in [-0.4, -0.2) is 24.1 Å². The van der Waals surface area contributed by atoms with Crippen LogP contribution in [0.5, 0.6) is 0 Å². The summed E-state index contributed by atoms with van der Waals surface area (Å²) in [6.07, 6.45) is 12.1. The number of benzene rings is 2. The Morgan fingerprint density at radius 2 is 1.16 bits per heavy atom. The lowest BCUT2D eigenvalue weighted by Crippen LogP contribution is -2.48. The maximum absolute atomic E-state index is 13.5. The van der Waals surface area contributed by atoms with Gasteiger partial charge in [-0.05, 0) is 124 Å². The molecule has 4 aliphatic rings. The first kappa shape index (κ1) is 25.2. The molecule has 0 aromatic heterocycles. The summed E-state index contributed by atoms with van der Waals surface area (Å²) in [4.78, 5) is 26.9. The normalized spacial score (nSPS) is 32.8. The van der Waals surface area contributed by atoms with Crippen molar-refractivity contribution in [2.45, 2.75) is 65.6 Å². The lowest BCUT2D eigenvalue weighted by molar-refractivity contribution is -0.0891. The molecule has 2 aromatic rings. The molecule has 6 rings (SSSR count). The van der Waals surface area contributed by atoms with Gasteiger partial charge in [-0.25, -0.2) is 9.59 Å². The summed E-state index contributed by atoms with van der Waals surface area (Å²) in [5, 5.41) is 0. The Balaban J connectivity index is 1.28. The van der Waals surface area contributed by atoms with Crippen molar-refractivity contribution in [1.82, 2.24) is 0 Å². The van der Waals surface area contributed by atoms with E-state index in [9.17, 15) is 9.59 Å². The molecule has 0 N–H and O–H groups in total. The Labute approximate surface area is 226 Å². The molecule has 2 aromatic carbocycles. The van der Waals surface area contributed by atoms with Crippen LogP contribution in [0.3, 0.4) is 0 Å². The molecule has 0 amide bonds. The first-order valence-electron chi connectivity index (χ1n) is 14.3. The zero-order valence-corrected chi connectivity index (χ0v) is 22.9. The van der Waals surface area contributed by atoms with Gasteiger partial charge in [0.25, 0.3) is 0 Å². The predicted molar refractivity (Wildman–Crippen MR) is 150 cm³/mol. The van der Waals surface area contributed by atoms with Crippen molar-refractivity contribution in [3.05, 3.63) is 81.9 Å². The second-order valence-corrected chi connectivity index (χ2v) is 11.9. The number of hydrogen-bond acceptors (Lipinski definition) is 4. The zero-order valence-electron chi connectivity index (χ0n) is 22.9. The smallest absolute Gasteiger partial charge is 0.338 e. The third-order valence-electron chi connectivity index (χ3n) is 9.96. The third kappa shape index (κ3) is 4.13. The summed E-state index contributed by atoms with van der Waals surface area (Å²) in [5.74, 6) is 2.59. The molecular weight excluding hydrogens is 472 g/mol. The number of aryl methyl sites for hydroxylation is 2. The summed E-state index contributed by atoms with van der Waals surface area (Å²) in [5.41, 5.74) is 5.37. The number of carbonyl (C=O) groups is 2.